The summed E-state index contributed by atoms with van der Waals surface area (Å²) >= 11 is 6.05. The van der Waals surface area contributed by atoms with Crippen molar-refractivity contribution in [2.75, 3.05) is 13.1 Å². The third-order valence-electron chi connectivity index (χ3n) is 5.65. The summed E-state index contributed by atoms with van der Waals surface area (Å²) in [5, 5.41) is 6.97. The van der Waals surface area contributed by atoms with E-state index in [9.17, 15) is 4.79 Å². The minimum absolute atomic E-state index is 0.0735. The lowest BCUT2D eigenvalue weighted by atomic mass is 9.96. The molecule has 0 bridgehead atoms. The third-order valence-corrected chi connectivity index (χ3v) is 5.89. The van der Waals surface area contributed by atoms with Gasteiger partial charge in [-0.15, -0.1) is 0 Å². The van der Waals surface area contributed by atoms with Crippen LogP contribution in [0.15, 0.2) is 71.3 Å². The van der Waals surface area contributed by atoms with Crippen molar-refractivity contribution < 1.29 is 9.32 Å². The van der Waals surface area contributed by atoms with Crippen molar-refractivity contribution in [3.05, 3.63) is 83.2 Å². The third kappa shape index (κ3) is 3.68. The highest BCUT2D eigenvalue weighted by Crippen LogP contribution is 2.30. The molecule has 2 heterocycles. The van der Waals surface area contributed by atoms with Gasteiger partial charge in [-0.05, 0) is 47.9 Å². The van der Waals surface area contributed by atoms with Crippen LogP contribution in [0, 0.1) is 0 Å². The first-order valence-corrected chi connectivity index (χ1v) is 10.4. The van der Waals surface area contributed by atoms with E-state index in [0.717, 1.165) is 34.7 Å². The fourth-order valence-electron chi connectivity index (χ4n) is 3.98. The van der Waals surface area contributed by atoms with Crippen LogP contribution >= 0.6 is 11.6 Å². The van der Waals surface area contributed by atoms with Crippen LogP contribution in [-0.2, 0) is 0 Å². The highest BCUT2D eigenvalue weighted by molar-refractivity contribution is 6.30. The molecule has 0 N–H and O–H groups in total. The van der Waals surface area contributed by atoms with Gasteiger partial charge in [-0.25, -0.2) is 0 Å². The van der Waals surface area contributed by atoms with Crippen LogP contribution in [0.25, 0.3) is 22.2 Å². The van der Waals surface area contributed by atoms with Gasteiger partial charge in [0.2, 0.25) is 11.7 Å². The maximum Gasteiger partial charge on any atom is 0.253 e. The van der Waals surface area contributed by atoms with E-state index < -0.39 is 0 Å². The fraction of sp³-hybridized carbons (Fsp3) is 0.208. The topological polar surface area (TPSA) is 59.2 Å². The molecule has 5 nitrogen and oxygen atoms in total. The number of halogens is 1. The fourth-order valence-corrected chi connectivity index (χ4v) is 4.17. The van der Waals surface area contributed by atoms with Crippen LogP contribution in [-0.4, -0.2) is 34.0 Å². The smallest absolute Gasteiger partial charge is 0.253 e. The second kappa shape index (κ2) is 7.92. The second-order valence-electron chi connectivity index (χ2n) is 7.59. The molecule has 1 aliphatic heterocycles. The predicted octanol–water partition coefficient (Wildman–Crippen LogP) is 5.56. The lowest BCUT2D eigenvalue weighted by molar-refractivity contribution is 0.0704. The summed E-state index contributed by atoms with van der Waals surface area (Å²) in [5.74, 6) is 1.40. The Balaban J connectivity index is 1.26. The van der Waals surface area contributed by atoms with Crippen molar-refractivity contribution in [2.24, 2.45) is 0 Å². The summed E-state index contributed by atoms with van der Waals surface area (Å²) < 4.78 is 5.52. The number of amides is 1. The van der Waals surface area contributed by atoms with Gasteiger partial charge in [0.1, 0.15) is 0 Å². The number of hydrogen-bond donors (Lipinski definition) is 0. The molecule has 1 fully saturated rings. The van der Waals surface area contributed by atoms with E-state index in [1.54, 1.807) is 0 Å². The normalized spacial score (nSPS) is 14.9. The number of nitrogens with zero attached hydrogens (tertiary/aromatic N) is 3. The highest BCUT2D eigenvalue weighted by atomic mass is 35.5. The van der Waals surface area contributed by atoms with E-state index >= 15 is 0 Å². The standard InChI is InChI=1S/C24H20ClN3O2/c25-21-7-3-6-19(15-21)22-26-23(30-27-22)17-10-12-28(13-11-17)24(29)20-9-8-16-4-1-2-5-18(16)14-20/h1-9,14-15,17H,10-13H2. The molecule has 0 atom stereocenters. The van der Waals surface area contributed by atoms with Gasteiger partial charge in [-0.2, -0.15) is 4.98 Å². The Bertz CT molecular complexity index is 1210. The molecule has 0 spiro atoms. The van der Waals surface area contributed by atoms with Crippen molar-refractivity contribution in [3.63, 3.8) is 0 Å². The number of piperidine rings is 1. The summed E-state index contributed by atoms with van der Waals surface area (Å²) in [6, 6.07) is 21.4. The maximum atomic E-state index is 13.0. The van der Waals surface area contributed by atoms with Gasteiger partial charge < -0.3 is 9.42 Å². The zero-order valence-electron chi connectivity index (χ0n) is 16.3. The molecule has 150 valence electrons. The average molecular weight is 418 g/mol. The van der Waals surface area contributed by atoms with E-state index in [1.165, 1.54) is 0 Å². The molecule has 0 saturated carbocycles. The first kappa shape index (κ1) is 18.8. The Morgan fingerprint density at radius 2 is 1.77 bits per heavy atom. The highest BCUT2D eigenvalue weighted by Gasteiger charge is 2.28. The van der Waals surface area contributed by atoms with Crippen molar-refractivity contribution in [1.29, 1.82) is 0 Å². The zero-order chi connectivity index (χ0) is 20.5. The monoisotopic (exact) mass is 417 g/mol. The van der Waals surface area contributed by atoms with E-state index in [4.69, 9.17) is 16.1 Å². The Hall–Kier alpha value is -3.18. The Kier molecular flexibility index (Phi) is 4.97. The summed E-state index contributed by atoms with van der Waals surface area (Å²) in [6.07, 6.45) is 1.60. The second-order valence-corrected chi connectivity index (χ2v) is 8.03. The first-order chi connectivity index (χ1) is 14.7. The molecule has 0 aliphatic carbocycles. The molecular weight excluding hydrogens is 398 g/mol. The number of likely N-dealkylation sites (tertiary alicyclic amines) is 1. The van der Waals surface area contributed by atoms with Gasteiger partial charge in [0.15, 0.2) is 0 Å². The SMILES string of the molecule is O=C(c1ccc2ccccc2c1)N1CCC(c2nc(-c3cccc(Cl)c3)no2)CC1. The predicted molar refractivity (Wildman–Crippen MR) is 117 cm³/mol. The molecule has 1 aliphatic rings. The first-order valence-electron chi connectivity index (χ1n) is 10.0. The van der Waals surface area contributed by atoms with Crippen molar-refractivity contribution >= 4 is 28.3 Å². The average Bonchev–Trinajstić information content (AvgIpc) is 3.29. The largest absolute Gasteiger partial charge is 0.339 e. The molecule has 30 heavy (non-hydrogen) atoms. The minimum Gasteiger partial charge on any atom is -0.339 e. The Morgan fingerprint density at radius 1 is 0.967 bits per heavy atom. The molecular formula is C24H20ClN3O2. The Morgan fingerprint density at radius 3 is 2.57 bits per heavy atom. The lowest BCUT2D eigenvalue weighted by Gasteiger charge is -2.30. The maximum absolute atomic E-state index is 13.0. The molecule has 5 rings (SSSR count). The van der Waals surface area contributed by atoms with Gasteiger partial charge in [0.05, 0.1) is 0 Å². The van der Waals surface area contributed by atoms with Crippen LogP contribution in [0.5, 0.6) is 0 Å². The quantitative estimate of drug-likeness (QED) is 0.437. The van der Waals surface area contributed by atoms with E-state index in [2.05, 4.69) is 16.2 Å². The summed E-state index contributed by atoms with van der Waals surface area (Å²) in [6.45, 7) is 1.34. The Labute approximate surface area is 179 Å². The van der Waals surface area contributed by atoms with E-state index in [1.807, 2.05) is 65.6 Å². The van der Waals surface area contributed by atoms with Crippen LogP contribution in [0.2, 0.25) is 5.02 Å². The number of rotatable bonds is 3. The number of aromatic nitrogens is 2. The van der Waals surface area contributed by atoms with Gasteiger partial charge in [0.25, 0.3) is 5.91 Å². The number of fused-ring (bicyclic) bond motifs is 1. The number of carbonyl (C=O) groups excluding carboxylic acids is 1. The molecule has 1 saturated heterocycles. The molecule has 3 aromatic carbocycles. The van der Waals surface area contributed by atoms with Gasteiger partial charge in [-0.3, -0.25) is 4.79 Å². The van der Waals surface area contributed by atoms with Gasteiger partial charge >= 0.3 is 0 Å². The summed E-state index contributed by atoms with van der Waals surface area (Å²) in [4.78, 5) is 19.4. The minimum atomic E-state index is 0.0735. The molecule has 0 unspecified atom stereocenters. The number of carbonyl (C=O) groups is 1. The number of benzene rings is 3. The zero-order valence-corrected chi connectivity index (χ0v) is 17.0. The number of hydrogen-bond acceptors (Lipinski definition) is 4. The molecule has 4 aromatic rings. The van der Waals surface area contributed by atoms with Gasteiger partial charge in [0, 0.05) is 35.2 Å². The van der Waals surface area contributed by atoms with Crippen LogP contribution in [0.1, 0.15) is 35.0 Å². The van der Waals surface area contributed by atoms with Crippen molar-refractivity contribution in [3.8, 4) is 11.4 Å². The van der Waals surface area contributed by atoms with Crippen molar-refractivity contribution in [1.82, 2.24) is 15.0 Å². The van der Waals surface area contributed by atoms with Crippen LogP contribution < -0.4 is 0 Å². The van der Waals surface area contributed by atoms with Crippen LogP contribution in [0.4, 0.5) is 0 Å². The molecule has 6 heteroatoms. The van der Waals surface area contributed by atoms with E-state index in [-0.39, 0.29) is 11.8 Å². The molecule has 0 radical (unpaired) electrons. The van der Waals surface area contributed by atoms with Crippen LogP contribution in [0.3, 0.4) is 0 Å². The van der Waals surface area contributed by atoms with E-state index in [0.29, 0.717) is 29.8 Å². The molecule has 1 aromatic heterocycles. The van der Waals surface area contributed by atoms with Gasteiger partial charge in [-0.1, -0.05) is 59.2 Å². The lowest BCUT2D eigenvalue weighted by Crippen LogP contribution is -2.38. The molecule has 1 amide bonds. The van der Waals surface area contributed by atoms with Crippen molar-refractivity contribution in [2.45, 2.75) is 18.8 Å². The summed E-state index contributed by atoms with van der Waals surface area (Å²) in [5.41, 5.74) is 1.56. The summed E-state index contributed by atoms with van der Waals surface area (Å²) in [7, 11) is 0.